The first-order valence-corrected chi connectivity index (χ1v) is 8.09. The van der Waals surface area contributed by atoms with Gasteiger partial charge in [0.2, 0.25) is 5.91 Å². The standard InChI is InChI=1S/C15H20INO/c1-12-4-6-13(7-5-12)15(8-2-3-9-15)10-14(18)17-11-16/h4-7H,2-3,8-11H2,1H3,(H,17,18). The number of hydrogen-bond acceptors (Lipinski definition) is 1. The smallest absolute Gasteiger partial charge is 0.221 e. The third kappa shape index (κ3) is 3.05. The van der Waals surface area contributed by atoms with Gasteiger partial charge in [-0.05, 0) is 25.3 Å². The second-order valence-electron chi connectivity index (χ2n) is 5.26. The quantitative estimate of drug-likeness (QED) is 0.497. The maximum absolute atomic E-state index is 11.9. The zero-order chi connectivity index (χ0) is 13.0. The molecule has 1 aliphatic rings. The van der Waals surface area contributed by atoms with Crippen molar-refractivity contribution >= 4 is 28.5 Å². The van der Waals surface area contributed by atoms with Crippen LogP contribution in [0.1, 0.15) is 43.2 Å². The van der Waals surface area contributed by atoms with Crippen LogP contribution in [0.25, 0.3) is 0 Å². The Morgan fingerprint density at radius 1 is 1.28 bits per heavy atom. The zero-order valence-corrected chi connectivity index (χ0v) is 13.0. The molecule has 1 aliphatic carbocycles. The first-order chi connectivity index (χ1) is 8.66. The molecule has 98 valence electrons. The van der Waals surface area contributed by atoms with E-state index in [9.17, 15) is 4.79 Å². The Balaban J connectivity index is 2.21. The SMILES string of the molecule is Cc1ccc(C2(CC(=O)NCI)CCCC2)cc1. The Morgan fingerprint density at radius 3 is 2.44 bits per heavy atom. The summed E-state index contributed by atoms with van der Waals surface area (Å²) in [6.45, 7) is 2.11. The number of carbonyl (C=O) groups is 1. The summed E-state index contributed by atoms with van der Waals surface area (Å²) in [5.74, 6) is 0.187. The molecule has 1 N–H and O–H groups in total. The average molecular weight is 357 g/mol. The van der Waals surface area contributed by atoms with Crippen molar-refractivity contribution in [2.75, 3.05) is 4.55 Å². The number of alkyl halides is 1. The fraction of sp³-hybridized carbons (Fsp3) is 0.533. The molecule has 2 nitrogen and oxygen atoms in total. The Hall–Kier alpha value is -0.580. The van der Waals surface area contributed by atoms with Crippen LogP contribution in [0.4, 0.5) is 0 Å². The summed E-state index contributed by atoms with van der Waals surface area (Å²) < 4.78 is 0.695. The van der Waals surface area contributed by atoms with E-state index in [4.69, 9.17) is 0 Å². The number of rotatable bonds is 4. The first kappa shape index (κ1) is 13.8. The summed E-state index contributed by atoms with van der Waals surface area (Å²) in [4.78, 5) is 11.9. The van der Waals surface area contributed by atoms with Gasteiger partial charge in [0.1, 0.15) is 0 Å². The van der Waals surface area contributed by atoms with Gasteiger partial charge in [-0.15, -0.1) is 0 Å². The van der Waals surface area contributed by atoms with Gasteiger partial charge in [0, 0.05) is 11.8 Å². The molecule has 18 heavy (non-hydrogen) atoms. The van der Waals surface area contributed by atoms with E-state index in [1.165, 1.54) is 24.0 Å². The minimum Gasteiger partial charge on any atom is -0.347 e. The monoisotopic (exact) mass is 357 g/mol. The van der Waals surface area contributed by atoms with Gasteiger partial charge < -0.3 is 5.32 Å². The fourth-order valence-corrected chi connectivity index (χ4v) is 3.40. The molecule has 0 heterocycles. The summed E-state index contributed by atoms with van der Waals surface area (Å²) in [5, 5.41) is 2.93. The van der Waals surface area contributed by atoms with Gasteiger partial charge in [0.25, 0.3) is 0 Å². The molecule has 0 aliphatic heterocycles. The van der Waals surface area contributed by atoms with Gasteiger partial charge in [-0.25, -0.2) is 0 Å². The van der Waals surface area contributed by atoms with Gasteiger partial charge in [-0.3, -0.25) is 4.79 Å². The van der Waals surface area contributed by atoms with Gasteiger partial charge >= 0.3 is 0 Å². The number of amides is 1. The summed E-state index contributed by atoms with van der Waals surface area (Å²) in [5.41, 5.74) is 2.71. The van der Waals surface area contributed by atoms with Crippen LogP contribution >= 0.6 is 22.6 Å². The molecule has 0 atom stereocenters. The Morgan fingerprint density at radius 2 is 1.89 bits per heavy atom. The molecular weight excluding hydrogens is 337 g/mol. The van der Waals surface area contributed by atoms with Crippen molar-refractivity contribution in [3.05, 3.63) is 35.4 Å². The number of benzene rings is 1. The topological polar surface area (TPSA) is 29.1 Å². The first-order valence-electron chi connectivity index (χ1n) is 6.56. The summed E-state index contributed by atoms with van der Waals surface area (Å²) in [7, 11) is 0. The molecule has 0 radical (unpaired) electrons. The van der Waals surface area contributed by atoms with Crippen molar-refractivity contribution in [2.45, 2.75) is 44.4 Å². The lowest BCUT2D eigenvalue weighted by Crippen LogP contribution is -2.32. The number of nitrogens with one attached hydrogen (secondary N) is 1. The highest BCUT2D eigenvalue weighted by Gasteiger charge is 2.37. The van der Waals surface area contributed by atoms with E-state index in [0.29, 0.717) is 11.0 Å². The van der Waals surface area contributed by atoms with Crippen molar-refractivity contribution < 1.29 is 4.79 Å². The van der Waals surface area contributed by atoms with Crippen molar-refractivity contribution in [2.24, 2.45) is 0 Å². The predicted octanol–water partition coefficient (Wildman–Crippen LogP) is 3.71. The summed E-state index contributed by atoms with van der Waals surface area (Å²) in [6.07, 6.45) is 5.41. The summed E-state index contributed by atoms with van der Waals surface area (Å²) >= 11 is 2.18. The number of halogens is 1. The van der Waals surface area contributed by atoms with Crippen LogP contribution in [0.15, 0.2) is 24.3 Å². The Bertz CT molecular complexity index is 407. The van der Waals surface area contributed by atoms with Crippen LogP contribution in [-0.2, 0) is 10.2 Å². The minimum atomic E-state index is 0.0869. The lowest BCUT2D eigenvalue weighted by molar-refractivity contribution is -0.121. The molecule has 1 aromatic carbocycles. The third-order valence-electron chi connectivity index (χ3n) is 3.99. The van der Waals surface area contributed by atoms with Crippen LogP contribution in [0.3, 0.4) is 0 Å². The Kier molecular flexibility index (Phi) is 4.65. The number of aryl methyl sites for hydroxylation is 1. The molecule has 0 bridgehead atoms. The van der Waals surface area contributed by atoms with Crippen LogP contribution < -0.4 is 5.32 Å². The van der Waals surface area contributed by atoms with Crippen molar-refractivity contribution in [3.8, 4) is 0 Å². The average Bonchev–Trinajstić information content (AvgIpc) is 2.79. The summed E-state index contributed by atoms with van der Waals surface area (Å²) in [6, 6.07) is 8.73. The molecule has 0 saturated heterocycles. The van der Waals surface area contributed by atoms with E-state index >= 15 is 0 Å². The Labute approximate surface area is 123 Å². The molecule has 0 unspecified atom stereocenters. The van der Waals surface area contributed by atoms with Crippen molar-refractivity contribution in [1.29, 1.82) is 0 Å². The highest BCUT2D eigenvalue weighted by Crippen LogP contribution is 2.43. The molecule has 1 amide bonds. The minimum absolute atomic E-state index is 0.0869. The lowest BCUT2D eigenvalue weighted by Gasteiger charge is -2.29. The maximum Gasteiger partial charge on any atom is 0.221 e. The predicted molar refractivity (Wildman–Crippen MR) is 83.0 cm³/mol. The van der Waals surface area contributed by atoms with Crippen LogP contribution in [-0.4, -0.2) is 10.5 Å². The molecule has 1 saturated carbocycles. The van der Waals surface area contributed by atoms with E-state index in [0.717, 1.165) is 12.8 Å². The molecular formula is C15H20INO. The van der Waals surface area contributed by atoms with Crippen LogP contribution in [0.5, 0.6) is 0 Å². The van der Waals surface area contributed by atoms with Gasteiger partial charge in [-0.2, -0.15) is 0 Å². The van der Waals surface area contributed by atoms with Gasteiger partial charge in [0.15, 0.2) is 0 Å². The lowest BCUT2D eigenvalue weighted by atomic mass is 9.75. The van der Waals surface area contributed by atoms with Crippen molar-refractivity contribution in [1.82, 2.24) is 5.32 Å². The van der Waals surface area contributed by atoms with E-state index in [1.807, 2.05) is 0 Å². The fourth-order valence-electron chi connectivity index (χ4n) is 2.97. The molecule has 1 fully saturated rings. The van der Waals surface area contributed by atoms with E-state index in [1.54, 1.807) is 0 Å². The third-order valence-corrected chi connectivity index (χ3v) is 4.37. The maximum atomic E-state index is 11.9. The molecule has 2 rings (SSSR count). The highest BCUT2D eigenvalue weighted by molar-refractivity contribution is 14.1. The van der Waals surface area contributed by atoms with Gasteiger partial charge in [0.05, 0.1) is 4.55 Å². The van der Waals surface area contributed by atoms with Crippen molar-refractivity contribution in [3.63, 3.8) is 0 Å². The normalized spacial score (nSPS) is 17.7. The largest absolute Gasteiger partial charge is 0.347 e. The highest BCUT2D eigenvalue weighted by atomic mass is 127. The van der Waals surface area contributed by atoms with Crippen LogP contribution in [0.2, 0.25) is 0 Å². The van der Waals surface area contributed by atoms with E-state index in [-0.39, 0.29) is 11.3 Å². The second-order valence-corrected chi connectivity index (χ2v) is 6.03. The molecule has 3 heteroatoms. The molecule has 0 aromatic heterocycles. The van der Waals surface area contributed by atoms with Crippen LogP contribution in [0, 0.1) is 6.92 Å². The number of carbonyl (C=O) groups excluding carboxylic acids is 1. The van der Waals surface area contributed by atoms with E-state index in [2.05, 4.69) is 59.1 Å². The van der Waals surface area contributed by atoms with Gasteiger partial charge in [-0.1, -0.05) is 65.3 Å². The number of hydrogen-bond donors (Lipinski definition) is 1. The second kappa shape index (κ2) is 6.04. The van der Waals surface area contributed by atoms with E-state index < -0.39 is 0 Å². The molecule has 1 aromatic rings. The molecule has 0 spiro atoms. The zero-order valence-electron chi connectivity index (χ0n) is 10.8.